The van der Waals surface area contributed by atoms with E-state index in [4.69, 9.17) is 4.74 Å². The number of sulfone groups is 1. The summed E-state index contributed by atoms with van der Waals surface area (Å²) in [5.41, 5.74) is 0.394. The van der Waals surface area contributed by atoms with Crippen LogP contribution in [0.1, 0.15) is 11.1 Å². The summed E-state index contributed by atoms with van der Waals surface area (Å²) in [6, 6.07) is 19.7. The fourth-order valence-corrected chi connectivity index (χ4v) is 4.51. The summed E-state index contributed by atoms with van der Waals surface area (Å²) in [5, 5.41) is 9.69. The molecule has 0 unspecified atom stereocenters. The smallest absolute Gasteiger partial charge is 0.269 e. The van der Waals surface area contributed by atoms with Crippen molar-refractivity contribution in [2.45, 2.75) is 11.8 Å². The summed E-state index contributed by atoms with van der Waals surface area (Å²) in [7, 11) is -4.19. The zero-order chi connectivity index (χ0) is 23.6. The molecule has 0 aliphatic rings. The van der Waals surface area contributed by atoms with E-state index in [2.05, 4.69) is 20.9 Å². The first kappa shape index (κ1) is 22.5. The highest BCUT2D eigenvalue weighted by molar-refractivity contribution is 9.10. The minimum atomic E-state index is -4.19. The van der Waals surface area contributed by atoms with E-state index in [-0.39, 0.29) is 16.3 Å². The van der Waals surface area contributed by atoms with Crippen molar-refractivity contribution in [3.63, 3.8) is 0 Å². The van der Waals surface area contributed by atoms with Crippen LogP contribution in [0, 0.1) is 18.3 Å². The number of rotatable bonds is 5. The van der Waals surface area contributed by atoms with Gasteiger partial charge >= 0.3 is 0 Å². The first-order chi connectivity index (χ1) is 15.8. The number of fused-ring (bicyclic) bond motifs is 1. The Bertz CT molecular complexity index is 1600. The fraction of sp³-hybridized carbons (Fsp3) is 0.0417. The van der Waals surface area contributed by atoms with E-state index in [1.807, 2.05) is 19.1 Å². The third kappa shape index (κ3) is 4.44. The lowest BCUT2D eigenvalue weighted by Crippen LogP contribution is -2.19. The number of aryl methyl sites for hydroxylation is 1. The highest BCUT2D eigenvalue weighted by Gasteiger charge is 2.23. The second-order valence-electron chi connectivity index (χ2n) is 7.01. The number of ether oxygens (including phenoxy) is 1. The predicted octanol–water partition coefficient (Wildman–Crippen LogP) is 4.90. The molecule has 0 spiro atoms. The number of pyridine rings is 1. The maximum absolute atomic E-state index is 13.3. The molecule has 0 atom stereocenters. The average molecular weight is 522 g/mol. The van der Waals surface area contributed by atoms with Gasteiger partial charge in [0.25, 0.3) is 5.56 Å². The lowest BCUT2D eigenvalue weighted by molar-refractivity contribution is 0.457. The van der Waals surface area contributed by atoms with E-state index in [9.17, 15) is 18.5 Å². The van der Waals surface area contributed by atoms with Crippen molar-refractivity contribution in [3.8, 4) is 17.7 Å². The third-order valence-corrected chi connectivity index (χ3v) is 7.04. The fourth-order valence-electron chi connectivity index (χ4n) is 3.10. The number of aromatic nitrogens is 2. The van der Waals surface area contributed by atoms with E-state index in [1.165, 1.54) is 22.7 Å². The Morgan fingerprint density at radius 3 is 2.48 bits per heavy atom. The molecule has 9 heteroatoms. The zero-order valence-corrected chi connectivity index (χ0v) is 19.7. The Kier molecular flexibility index (Phi) is 6.14. The molecular formula is C24H16BrN3O4S. The molecule has 2 heterocycles. The van der Waals surface area contributed by atoms with Crippen LogP contribution < -0.4 is 10.3 Å². The highest BCUT2D eigenvalue weighted by atomic mass is 79.9. The van der Waals surface area contributed by atoms with Crippen LogP contribution >= 0.6 is 15.9 Å². The quantitative estimate of drug-likeness (QED) is 0.346. The highest BCUT2D eigenvalue weighted by Crippen LogP contribution is 2.28. The van der Waals surface area contributed by atoms with Gasteiger partial charge in [0.1, 0.15) is 27.9 Å². The first-order valence-corrected chi connectivity index (χ1v) is 12.0. The van der Waals surface area contributed by atoms with Crippen molar-refractivity contribution < 1.29 is 13.2 Å². The molecular weight excluding hydrogens is 506 g/mol. The minimum Gasteiger partial charge on any atom is -0.438 e. The Labute approximate surface area is 198 Å². The summed E-state index contributed by atoms with van der Waals surface area (Å²) in [6.45, 7) is 1.83. The van der Waals surface area contributed by atoms with Gasteiger partial charge in [0, 0.05) is 10.7 Å². The van der Waals surface area contributed by atoms with Crippen molar-refractivity contribution >= 4 is 37.5 Å². The summed E-state index contributed by atoms with van der Waals surface area (Å²) >= 11 is 3.26. The second kappa shape index (κ2) is 9.02. The van der Waals surface area contributed by atoms with Crippen LogP contribution in [-0.4, -0.2) is 17.8 Å². The van der Waals surface area contributed by atoms with Gasteiger partial charge in [-0.2, -0.15) is 10.2 Å². The van der Waals surface area contributed by atoms with Gasteiger partial charge in [-0.3, -0.25) is 9.20 Å². The van der Waals surface area contributed by atoms with Crippen LogP contribution in [0.5, 0.6) is 11.6 Å². The number of para-hydroxylation sites is 1. The van der Waals surface area contributed by atoms with Crippen LogP contribution in [-0.2, 0) is 9.84 Å². The second-order valence-corrected chi connectivity index (χ2v) is 9.84. The van der Waals surface area contributed by atoms with Crippen LogP contribution in [0.3, 0.4) is 0 Å². The molecule has 4 rings (SSSR count). The molecule has 0 amide bonds. The molecule has 4 aromatic rings. The van der Waals surface area contributed by atoms with Gasteiger partial charge in [0.2, 0.25) is 15.7 Å². The first-order valence-electron chi connectivity index (χ1n) is 9.68. The molecule has 0 aliphatic heterocycles. The van der Waals surface area contributed by atoms with Crippen LogP contribution in [0.25, 0.3) is 11.7 Å². The van der Waals surface area contributed by atoms with E-state index in [0.717, 1.165) is 11.6 Å². The Hall–Kier alpha value is -3.74. The van der Waals surface area contributed by atoms with Crippen molar-refractivity contribution in [2.75, 3.05) is 0 Å². The van der Waals surface area contributed by atoms with Gasteiger partial charge < -0.3 is 4.74 Å². The Morgan fingerprint density at radius 2 is 1.79 bits per heavy atom. The Morgan fingerprint density at radius 1 is 1.09 bits per heavy atom. The molecule has 7 nitrogen and oxygen atoms in total. The summed E-state index contributed by atoms with van der Waals surface area (Å²) in [6.07, 6.45) is 2.52. The third-order valence-electron chi connectivity index (χ3n) is 4.83. The predicted molar refractivity (Wildman–Crippen MR) is 128 cm³/mol. The van der Waals surface area contributed by atoms with E-state index >= 15 is 0 Å². The molecule has 0 saturated carbocycles. The molecule has 0 radical (unpaired) electrons. The molecule has 164 valence electrons. The maximum Gasteiger partial charge on any atom is 0.269 e. The summed E-state index contributed by atoms with van der Waals surface area (Å²) in [5.74, 6) is 0.355. The van der Waals surface area contributed by atoms with Gasteiger partial charge in [-0.25, -0.2) is 8.42 Å². The monoisotopic (exact) mass is 521 g/mol. The summed E-state index contributed by atoms with van der Waals surface area (Å²) < 4.78 is 34.1. The van der Waals surface area contributed by atoms with Crippen molar-refractivity contribution in [1.29, 1.82) is 5.26 Å². The number of hydrogen-bond acceptors (Lipinski definition) is 6. The molecule has 0 bridgehead atoms. The van der Waals surface area contributed by atoms with E-state index in [0.29, 0.717) is 15.9 Å². The number of benzene rings is 2. The average Bonchev–Trinajstić information content (AvgIpc) is 2.80. The van der Waals surface area contributed by atoms with Gasteiger partial charge in [0.15, 0.2) is 0 Å². The number of nitriles is 1. The van der Waals surface area contributed by atoms with Crippen LogP contribution in [0.2, 0.25) is 0 Å². The van der Waals surface area contributed by atoms with Gasteiger partial charge in [-0.15, -0.1) is 0 Å². The van der Waals surface area contributed by atoms with Crippen molar-refractivity contribution in [1.82, 2.24) is 9.38 Å². The van der Waals surface area contributed by atoms with Crippen molar-refractivity contribution in [3.05, 3.63) is 104 Å². The molecule has 0 saturated heterocycles. The zero-order valence-electron chi connectivity index (χ0n) is 17.3. The van der Waals surface area contributed by atoms with Gasteiger partial charge in [0.05, 0.1) is 4.90 Å². The number of hydrogen-bond donors (Lipinski definition) is 0. The lowest BCUT2D eigenvalue weighted by atomic mass is 10.2. The maximum atomic E-state index is 13.3. The largest absolute Gasteiger partial charge is 0.438 e. The van der Waals surface area contributed by atoms with E-state index in [1.54, 1.807) is 48.5 Å². The van der Waals surface area contributed by atoms with Crippen molar-refractivity contribution in [2.24, 2.45) is 0 Å². The number of halogens is 1. The molecule has 0 N–H and O–H groups in total. The van der Waals surface area contributed by atoms with Crippen LogP contribution in [0.4, 0.5) is 0 Å². The molecule has 0 aliphatic carbocycles. The minimum absolute atomic E-state index is 0.0753. The molecule has 2 aromatic heterocycles. The molecule has 33 heavy (non-hydrogen) atoms. The Balaban J connectivity index is 1.95. The molecule has 0 fully saturated rings. The SMILES string of the molecule is Cc1ccccc1Oc1nc2ccccn2c(=O)c1/C=C(\C#N)S(=O)(=O)c1ccc(Br)cc1. The summed E-state index contributed by atoms with van der Waals surface area (Å²) in [4.78, 5) is 17.0. The molecule has 2 aromatic carbocycles. The number of allylic oxidation sites excluding steroid dienone is 1. The van der Waals surface area contributed by atoms with E-state index < -0.39 is 20.3 Å². The topological polar surface area (TPSA) is 102 Å². The van der Waals surface area contributed by atoms with Crippen LogP contribution in [0.15, 0.2) is 92.0 Å². The standard InChI is InChI=1S/C24H16BrN3O4S/c1-16-6-2-3-7-21(16)32-23-20(24(29)28-13-5-4-8-22(28)27-23)14-19(15-26)33(30,31)18-11-9-17(25)10-12-18/h2-14H,1H3/b19-14+. The normalized spacial score (nSPS) is 11.8. The van der Waals surface area contributed by atoms with Gasteiger partial charge in [-0.1, -0.05) is 40.2 Å². The lowest BCUT2D eigenvalue weighted by Gasteiger charge is -2.12. The van der Waals surface area contributed by atoms with Gasteiger partial charge in [-0.05, 0) is 61.0 Å². The number of nitrogens with zero attached hydrogens (tertiary/aromatic N) is 3.